The third-order valence-corrected chi connectivity index (χ3v) is 5.68. The van der Waals surface area contributed by atoms with E-state index in [2.05, 4.69) is 42.9 Å². The van der Waals surface area contributed by atoms with E-state index in [1.165, 1.54) is 0 Å². The van der Waals surface area contributed by atoms with E-state index in [0.717, 1.165) is 46.1 Å². The molecule has 3 heterocycles. The van der Waals surface area contributed by atoms with Crippen LogP contribution in [0.2, 0.25) is 0 Å². The van der Waals surface area contributed by atoms with Crippen molar-refractivity contribution in [1.29, 1.82) is 0 Å². The lowest BCUT2D eigenvalue weighted by Crippen LogP contribution is -2.09. The normalized spacial score (nSPS) is 23.4. The predicted molar refractivity (Wildman–Crippen MR) is 116 cm³/mol. The fraction of sp³-hybridized carbons (Fsp3) is 0.421. The van der Waals surface area contributed by atoms with Gasteiger partial charge in [-0.3, -0.25) is 10.1 Å². The predicted octanol–water partition coefficient (Wildman–Crippen LogP) is 2.37. The minimum absolute atomic E-state index is 0.504. The van der Waals surface area contributed by atoms with Gasteiger partial charge >= 0.3 is 0 Å². The number of rotatable bonds is 6. The van der Waals surface area contributed by atoms with E-state index >= 15 is 0 Å². The summed E-state index contributed by atoms with van der Waals surface area (Å²) in [7, 11) is 1.91. The average Bonchev–Trinajstić information content (AvgIpc) is 2.99. The molecule has 1 aliphatic heterocycles. The van der Waals surface area contributed by atoms with Crippen LogP contribution in [0.15, 0.2) is 39.5 Å². The molecule has 2 aliphatic rings. The van der Waals surface area contributed by atoms with Crippen molar-refractivity contribution in [3.05, 3.63) is 46.8 Å². The monoisotopic (exact) mass is 411 g/mol. The third kappa shape index (κ3) is 4.58. The fourth-order valence-corrected chi connectivity index (χ4v) is 4.11. The Hall–Kier alpha value is -2.88. The van der Waals surface area contributed by atoms with Gasteiger partial charge in [0.05, 0.1) is 10.9 Å². The fourth-order valence-electron chi connectivity index (χ4n) is 3.26. The van der Waals surface area contributed by atoms with Crippen LogP contribution in [0, 0.1) is 25.7 Å². The first-order valence-corrected chi connectivity index (χ1v) is 10.4. The van der Waals surface area contributed by atoms with Gasteiger partial charge in [-0.2, -0.15) is 14.9 Å². The summed E-state index contributed by atoms with van der Waals surface area (Å²) >= 11 is 1.63. The molecule has 2 aromatic heterocycles. The second-order valence-electron chi connectivity index (χ2n) is 7.37. The summed E-state index contributed by atoms with van der Waals surface area (Å²) in [5.74, 6) is 3.87. The number of aryl methyl sites for hydroxylation is 3. The molecule has 4 rings (SSSR count). The van der Waals surface area contributed by atoms with E-state index in [4.69, 9.17) is 5.73 Å². The molecule has 2 atom stereocenters. The number of nitrogens with two attached hydrogens (primary N) is 1. The highest BCUT2D eigenvalue weighted by Crippen LogP contribution is 2.44. The molecule has 3 N–H and O–H groups in total. The molecule has 2 aromatic rings. The Morgan fingerprint density at radius 3 is 2.90 bits per heavy atom. The van der Waals surface area contributed by atoms with Crippen molar-refractivity contribution in [3.63, 3.8) is 0 Å². The summed E-state index contributed by atoms with van der Waals surface area (Å²) in [4.78, 5) is 8.81. The number of aliphatic imine (C=N–C) groups is 1. The Balaban J connectivity index is 1.38. The van der Waals surface area contributed by atoms with Crippen LogP contribution in [0.1, 0.15) is 37.1 Å². The van der Waals surface area contributed by atoms with E-state index in [-0.39, 0.29) is 0 Å². The lowest BCUT2D eigenvalue weighted by molar-refractivity contribution is 0.765. The number of hydrazone groups is 1. The Morgan fingerprint density at radius 2 is 2.24 bits per heavy atom. The number of thioether (sulfide) groups is 1. The quantitative estimate of drug-likeness (QED) is 0.558. The summed E-state index contributed by atoms with van der Waals surface area (Å²) in [6.07, 6.45) is 8.35. The summed E-state index contributed by atoms with van der Waals surface area (Å²) in [6, 6.07) is 1.97. The number of amidine groups is 1. The standard InChI is InChI=1S/C19H25N9S/c1-11(20)21-17(28-13(3)22-12(2)25-28)6-5-14-9-15(14)10-18-23-24-19(29-18)16-7-8-27(4)26-16/h6-8,10,14-15,23H,5,9H2,1-4H3,(H2,20,21). The largest absolute Gasteiger partial charge is 0.387 e. The maximum atomic E-state index is 5.82. The Bertz CT molecular complexity index is 1040. The number of nitrogens with zero attached hydrogens (tertiary/aromatic N) is 7. The van der Waals surface area contributed by atoms with E-state index in [1.807, 2.05) is 33.2 Å². The molecule has 1 saturated carbocycles. The van der Waals surface area contributed by atoms with E-state index in [1.54, 1.807) is 28.0 Å². The maximum absolute atomic E-state index is 5.82. The molecule has 0 saturated heterocycles. The summed E-state index contributed by atoms with van der Waals surface area (Å²) in [6.45, 7) is 5.57. The lowest BCUT2D eigenvalue weighted by atomic mass is 10.2. The van der Waals surface area contributed by atoms with Crippen molar-refractivity contribution in [2.75, 3.05) is 0 Å². The summed E-state index contributed by atoms with van der Waals surface area (Å²) < 4.78 is 3.54. The third-order valence-electron chi connectivity index (χ3n) is 4.74. The molecule has 0 spiro atoms. The molecule has 0 aromatic carbocycles. The number of allylic oxidation sites excluding steroid dienone is 2. The van der Waals surface area contributed by atoms with Gasteiger partial charge in [0.2, 0.25) is 0 Å². The molecule has 1 fully saturated rings. The second kappa shape index (κ2) is 7.86. The van der Waals surface area contributed by atoms with Crippen molar-refractivity contribution >= 4 is 28.5 Å². The van der Waals surface area contributed by atoms with Crippen LogP contribution < -0.4 is 11.2 Å². The molecule has 9 nitrogen and oxygen atoms in total. The van der Waals surface area contributed by atoms with Gasteiger partial charge in [0.15, 0.2) is 10.9 Å². The highest BCUT2D eigenvalue weighted by Gasteiger charge is 2.35. The smallest absolute Gasteiger partial charge is 0.153 e. The molecule has 0 amide bonds. The molecule has 2 unspecified atom stereocenters. The number of hydrogen-bond donors (Lipinski definition) is 2. The first kappa shape index (κ1) is 19.4. The van der Waals surface area contributed by atoms with Crippen LogP contribution in [0.25, 0.3) is 5.82 Å². The summed E-state index contributed by atoms with van der Waals surface area (Å²) in [5, 5.41) is 15.2. The Labute approximate surface area is 173 Å². The highest BCUT2D eigenvalue weighted by molar-refractivity contribution is 8.17. The maximum Gasteiger partial charge on any atom is 0.153 e. The average molecular weight is 412 g/mol. The Kier molecular flexibility index (Phi) is 5.27. The van der Waals surface area contributed by atoms with E-state index < -0.39 is 0 Å². The van der Waals surface area contributed by atoms with Gasteiger partial charge in [0, 0.05) is 13.2 Å². The number of aromatic nitrogens is 5. The molecular formula is C19H25N9S. The summed E-state index contributed by atoms with van der Waals surface area (Å²) in [5.41, 5.74) is 9.83. The van der Waals surface area contributed by atoms with Gasteiger partial charge < -0.3 is 5.73 Å². The van der Waals surface area contributed by atoms with Crippen molar-refractivity contribution in [3.8, 4) is 0 Å². The second-order valence-corrected chi connectivity index (χ2v) is 8.40. The minimum Gasteiger partial charge on any atom is -0.387 e. The van der Waals surface area contributed by atoms with Crippen molar-refractivity contribution in [1.82, 2.24) is 30.0 Å². The SMILES string of the molecule is CC(N)=NC(=CCC1CC1C=C1NN=C(c2ccn(C)n2)S1)n1nc(C)nc1C. The number of nitrogens with one attached hydrogen (secondary N) is 1. The van der Waals surface area contributed by atoms with E-state index in [0.29, 0.717) is 17.7 Å². The zero-order chi connectivity index (χ0) is 20.5. The first-order chi connectivity index (χ1) is 13.9. The lowest BCUT2D eigenvalue weighted by Gasteiger charge is -2.04. The zero-order valence-electron chi connectivity index (χ0n) is 17.0. The van der Waals surface area contributed by atoms with Crippen LogP contribution in [0.4, 0.5) is 0 Å². The molecule has 10 heteroatoms. The van der Waals surface area contributed by atoms with E-state index in [9.17, 15) is 0 Å². The van der Waals surface area contributed by atoms with Crippen molar-refractivity contribution in [2.24, 2.45) is 34.7 Å². The Morgan fingerprint density at radius 1 is 1.41 bits per heavy atom. The van der Waals surface area contributed by atoms with Crippen molar-refractivity contribution < 1.29 is 0 Å². The van der Waals surface area contributed by atoms with Crippen LogP contribution in [0.5, 0.6) is 0 Å². The van der Waals surface area contributed by atoms with Gasteiger partial charge in [-0.1, -0.05) is 0 Å². The molecule has 152 valence electrons. The molecule has 1 aliphatic carbocycles. The highest BCUT2D eigenvalue weighted by atomic mass is 32.2. The minimum atomic E-state index is 0.504. The number of hydrogen-bond acceptors (Lipinski definition) is 7. The molecule has 29 heavy (non-hydrogen) atoms. The van der Waals surface area contributed by atoms with Crippen molar-refractivity contribution in [2.45, 2.75) is 33.6 Å². The first-order valence-electron chi connectivity index (χ1n) is 9.54. The van der Waals surface area contributed by atoms with Crippen LogP contribution in [-0.4, -0.2) is 35.4 Å². The zero-order valence-corrected chi connectivity index (χ0v) is 17.8. The molecule has 0 bridgehead atoms. The van der Waals surface area contributed by atoms with Gasteiger partial charge in [-0.25, -0.2) is 9.98 Å². The van der Waals surface area contributed by atoms with Gasteiger partial charge in [0.1, 0.15) is 17.3 Å². The molecular weight excluding hydrogens is 386 g/mol. The van der Waals surface area contributed by atoms with Gasteiger partial charge in [-0.15, -0.1) is 5.10 Å². The topological polar surface area (TPSA) is 111 Å². The van der Waals surface area contributed by atoms with Gasteiger partial charge in [0.25, 0.3) is 0 Å². The van der Waals surface area contributed by atoms with Gasteiger partial charge in [-0.05, 0) is 75.4 Å². The van der Waals surface area contributed by atoms with Crippen LogP contribution in [-0.2, 0) is 7.05 Å². The van der Waals surface area contributed by atoms with Crippen LogP contribution >= 0.6 is 11.8 Å². The van der Waals surface area contributed by atoms with Crippen LogP contribution in [0.3, 0.4) is 0 Å². The molecule has 0 radical (unpaired) electrons.